The number of hydrogen-bond donors (Lipinski definition) is 8. The molecule has 4 unspecified atom stereocenters. The summed E-state index contributed by atoms with van der Waals surface area (Å²) in [5.74, 6) is -3.95. The van der Waals surface area contributed by atoms with Crippen molar-refractivity contribution in [2.75, 3.05) is 6.61 Å². The van der Waals surface area contributed by atoms with E-state index in [1.807, 2.05) is 0 Å². The van der Waals surface area contributed by atoms with Crippen molar-refractivity contribution in [1.29, 1.82) is 0 Å². The van der Waals surface area contributed by atoms with Gasteiger partial charge < -0.3 is 40.1 Å². The van der Waals surface area contributed by atoms with Gasteiger partial charge in [0.05, 0.1) is 6.61 Å². The van der Waals surface area contributed by atoms with Crippen LogP contribution in [0.5, 0.6) is 0 Å². The number of carboxylic acids is 2. The number of carboxylic acid groups (broad SMARTS) is 2. The van der Waals surface area contributed by atoms with E-state index in [2.05, 4.69) is 0 Å². The average molecular weight is 391 g/mol. The number of hydrogen-bond acceptors (Lipinski definition) is 10. The maximum absolute atomic E-state index is 11.1. The monoisotopic (exact) mass is 391 g/mol. The van der Waals surface area contributed by atoms with Crippen LogP contribution in [0.3, 0.4) is 0 Å². The largest absolute Gasteiger partial charge is 0.479 e. The second-order valence-electron chi connectivity index (χ2n) is 5.00. The van der Waals surface area contributed by atoms with Gasteiger partial charge in [-0.05, 0) is 0 Å². The minimum atomic E-state index is -5.00. The molecule has 1 saturated heterocycles. The van der Waals surface area contributed by atoms with Crippen molar-refractivity contribution < 1.29 is 62.7 Å². The Morgan fingerprint density at radius 3 is 2.12 bits per heavy atom. The fourth-order valence-corrected chi connectivity index (χ4v) is 2.63. The van der Waals surface area contributed by atoms with Crippen LogP contribution in [-0.4, -0.2) is 105 Å². The summed E-state index contributed by atoms with van der Waals surface area (Å²) in [7, 11) is -5.00. The molecule has 25 heavy (non-hydrogen) atoms. The van der Waals surface area contributed by atoms with Gasteiger partial charge in [-0.25, -0.2) is 9.59 Å². The molecule has 8 N–H and O–H groups in total. The van der Waals surface area contributed by atoms with Crippen LogP contribution in [0.2, 0.25) is 0 Å². The van der Waals surface area contributed by atoms with E-state index >= 15 is 0 Å². The fourth-order valence-electron chi connectivity index (χ4n) is 2.04. The Morgan fingerprint density at radius 1 is 1.16 bits per heavy atom. The normalized spacial score (nSPS) is 32.8. The topological polar surface area (TPSA) is 240 Å². The van der Waals surface area contributed by atoms with E-state index in [0.717, 1.165) is 0 Å². The van der Waals surface area contributed by atoms with Gasteiger partial charge in [-0.15, -0.1) is 0 Å². The number of nitrogens with one attached hydrogen (secondary N) is 1. The summed E-state index contributed by atoms with van der Waals surface area (Å²) in [5, 5.41) is 55.6. The van der Waals surface area contributed by atoms with Gasteiger partial charge in [0.1, 0.15) is 24.4 Å². The van der Waals surface area contributed by atoms with Crippen molar-refractivity contribution in [2.24, 2.45) is 0 Å². The van der Waals surface area contributed by atoms with Crippen LogP contribution >= 0.6 is 0 Å². The molecule has 1 aliphatic rings. The van der Waals surface area contributed by atoms with Crippen molar-refractivity contribution in [3.63, 3.8) is 0 Å². The van der Waals surface area contributed by atoms with Gasteiger partial charge in [-0.2, -0.15) is 13.1 Å². The van der Waals surface area contributed by atoms with Crippen molar-refractivity contribution in [3.05, 3.63) is 0 Å². The van der Waals surface area contributed by atoms with Gasteiger partial charge in [0, 0.05) is 0 Å². The quantitative estimate of drug-likeness (QED) is 0.181. The lowest BCUT2D eigenvalue weighted by Crippen LogP contribution is -2.65. The molecule has 7 atom stereocenters. The molecule has 1 heterocycles. The first-order valence-corrected chi connectivity index (χ1v) is 7.99. The molecule has 0 spiro atoms. The highest BCUT2D eigenvalue weighted by atomic mass is 32.2. The van der Waals surface area contributed by atoms with Crippen molar-refractivity contribution in [2.45, 2.75) is 42.9 Å². The molecule has 14 nitrogen and oxygen atoms in total. The van der Waals surface area contributed by atoms with Gasteiger partial charge in [0.25, 0.3) is 0 Å². The molecule has 0 aromatic carbocycles. The van der Waals surface area contributed by atoms with Gasteiger partial charge in [-0.1, -0.05) is 0 Å². The zero-order valence-electron chi connectivity index (χ0n) is 12.2. The molecule has 1 fully saturated rings. The zero-order valence-corrected chi connectivity index (χ0v) is 13.1. The van der Waals surface area contributed by atoms with Crippen LogP contribution in [0.1, 0.15) is 0 Å². The van der Waals surface area contributed by atoms with Crippen LogP contribution in [0.4, 0.5) is 0 Å². The molecule has 0 amide bonds. The summed E-state index contributed by atoms with van der Waals surface area (Å²) in [6.07, 6.45) is -12.6. The smallest absolute Gasteiger partial charge is 0.336 e. The lowest BCUT2D eigenvalue weighted by atomic mass is 9.97. The summed E-state index contributed by atoms with van der Waals surface area (Å²) in [5.41, 5.74) is 0. The lowest BCUT2D eigenvalue weighted by Gasteiger charge is -2.42. The number of aliphatic hydroxyl groups excluding tert-OH is 4. The Kier molecular flexibility index (Phi) is 7.18. The van der Waals surface area contributed by atoms with Crippen molar-refractivity contribution >= 4 is 22.2 Å². The molecule has 146 valence electrons. The molecule has 1 rings (SSSR count). The molecular formula is C10H17NO13S. The SMILES string of the molecule is O=C(O)C(O)C(O[C@@H]1OC(CO)[C@H](O)[C@@H](O)C1NS(=O)(=O)O)C(=O)O. The fraction of sp³-hybridized carbons (Fsp3) is 0.800. The molecule has 0 aromatic heterocycles. The summed E-state index contributed by atoms with van der Waals surface area (Å²) < 4.78 is 41.7. The van der Waals surface area contributed by atoms with Crippen LogP contribution in [0.15, 0.2) is 0 Å². The third-order valence-corrected chi connectivity index (χ3v) is 3.80. The maximum atomic E-state index is 11.1. The third-order valence-electron chi connectivity index (χ3n) is 3.23. The van der Waals surface area contributed by atoms with Crippen LogP contribution in [0.25, 0.3) is 0 Å². The minimum absolute atomic E-state index is 0.907. The lowest BCUT2D eigenvalue weighted by molar-refractivity contribution is -0.285. The number of carbonyl (C=O) groups is 2. The van der Waals surface area contributed by atoms with Crippen LogP contribution in [0, 0.1) is 0 Å². The predicted octanol–water partition coefficient (Wildman–Crippen LogP) is -4.90. The molecule has 15 heteroatoms. The van der Waals surface area contributed by atoms with Gasteiger partial charge in [0.2, 0.25) is 0 Å². The second kappa shape index (κ2) is 8.30. The first kappa shape index (κ1) is 21.6. The second-order valence-corrected chi connectivity index (χ2v) is 6.19. The number of rotatable bonds is 8. The Bertz CT molecular complexity index is 594. The number of ether oxygens (including phenoxy) is 2. The van der Waals surface area contributed by atoms with E-state index in [1.165, 1.54) is 4.72 Å². The predicted molar refractivity (Wildman–Crippen MR) is 72.4 cm³/mol. The number of aliphatic carboxylic acids is 2. The molecule has 0 radical (unpaired) electrons. The van der Waals surface area contributed by atoms with Crippen molar-refractivity contribution in [3.8, 4) is 0 Å². The van der Waals surface area contributed by atoms with E-state index in [0.29, 0.717) is 0 Å². The van der Waals surface area contributed by atoms with E-state index in [1.54, 1.807) is 0 Å². The molecule has 0 aliphatic carbocycles. The van der Waals surface area contributed by atoms with E-state index in [-0.39, 0.29) is 0 Å². The molecule has 0 aromatic rings. The standard InChI is InChI=1S/C10H17NO13S/c12-1-2-4(13)5(14)3(11-25(20,21)22)10(23-2)24-7(9(18)19)6(15)8(16)17/h2-7,10-15H,1H2,(H,16,17)(H,18,19)(H,20,21,22)/t2?,3?,4-,5-,6?,7?,10-/m0/s1. The molecule has 1 aliphatic heterocycles. The van der Waals surface area contributed by atoms with Gasteiger partial charge in [-0.3, -0.25) is 4.55 Å². The average Bonchev–Trinajstić information content (AvgIpc) is 2.49. The third kappa shape index (κ3) is 5.53. The zero-order chi connectivity index (χ0) is 19.5. The van der Waals surface area contributed by atoms with Crippen LogP contribution in [-0.2, 0) is 29.4 Å². The first-order valence-electron chi connectivity index (χ1n) is 6.55. The van der Waals surface area contributed by atoms with Gasteiger partial charge in [0.15, 0.2) is 18.5 Å². The molecular weight excluding hydrogens is 374 g/mol. The molecule has 0 bridgehead atoms. The van der Waals surface area contributed by atoms with Crippen LogP contribution < -0.4 is 4.72 Å². The maximum Gasteiger partial charge on any atom is 0.336 e. The Morgan fingerprint density at radius 2 is 1.72 bits per heavy atom. The summed E-state index contributed by atoms with van der Waals surface area (Å²) >= 11 is 0. The minimum Gasteiger partial charge on any atom is -0.479 e. The Labute approximate surface area is 140 Å². The van der Waals surface area contributed by atoms with E-state index in [4.69, 9.17) is 29.3 Å². The highest BCUT2D eigenvalue weighted by Gasteiger charge is 2.49. The molecule has 0 saturated carbocycles. The Hall–Kier alpha value is -1.43. The van der Waals surface area contributed by atoms with E-state index < -0.39 is 71.7 Å². The first-order chi connectivity index (χ1) is 11.4. The van der Waals surface area contributed by atoms with Crippen molar-refractivity contribution in [1.82, 2.24) is 4.72 Å². The summed E-state index contributed by atoms with van der Waals surface area (Å²) in [6.45, 7) is -0.907. The number of aliphatic hydroxyl groups is 4. The van der Waals surface area contributed by atoms with Gasteiger partial charge >= 0.3 is 22.2 Å². The highest BCUT2D eigenvalue weighted by Crippen LogP contribution is 2.24. The highest BCUT2D eigenvalue weighted by molar-refractivity contribution is 7.83. The van der Waals surface area contributed by atoms with E-state index in [9.17, 15) is 33.3 Å². The Balaban J connectivity index is 3.14. The summed E-state index contributed by atoms with van der Waals surface area (Å²) in [6, 6.07) is -1.99. The summed E-state index contributed by atoms with van der Waals surface area (Å²) in [4.78, 5) is 21.8.